The van der Waals surface area contributed by atoms with Gasteiger partial charge in [0.15, 0.2) is 0 Å². The molecule has 1 aromatic rings. The summed E-state index contributed by atoms with van der Waals surface area (Å²) in [6, 6.07) is 4.54. The molecule has 1 aromatic carbocycles. The zero-order chi connectivity index (χ0) is 11.7. The molecule has 0 aromatic heterocycles. The fourth-order valence-electron chi connectivity index (χ4n) is 1.80. The Labute approximate surface area is 94.3 Å². The second kappa shape index (κ2) is 4.12. The van der Waals surface area contributed by atoms with E-state index >= 15 is 0 Å². The molecule has 2 amide bonds. The number of carbonyl (C=O) groups excluding carboxylic acids is 1. The van der Waals surface area contributed by atoms with E-state index in [1.54, 1.807) is 24.0 Å². The summed E-state index contributed by atoms with van der Waals surface area (Å²) >= 11 is 0. The van der Waals surface area contributed by atoms with Crippen molar-refractivity contribution in [1.82, 2.24) is 4.90 Å². The third kappa shape index (κ3) is 2.01. The van der Waals surface area contributed by atoms with Crippen LogP contribution in [0.2, 0.25) is 0 Å². The molecule has 2 rings (SSSR count). The summed E-state index contributed by atoms with van der Waals surface area (Å²) in [5.41, 5.74) is 1.02. The van der Waals surface area contributed by atoms with E-state index in [0.717, 1.165) is 13.1 Å². The fourth-order valence-corrected chi connectivity index (χ4v) is 1.80. The number of anilines is 1. The van der Waals surface area contributed by atoms with Crippen molar-refractivity contribution in [2.45, 2.75) is 13.8 Å². The number of nitrogens with one attached hydrogen (secondary N) is 1. The van der Waals surface area contributed by atoms with Crippen LogP contribution in [0.3, 0.4) is 0 Å². The van der Waals surface area contributed by atoms with Crippen LogP contribution in [0, 0.1) is 18.7 Å². The van der Waals surface area contributed by atoms with Gasteiger partial charge in [-0.2, -0.15) is 0 Å². The quantitative estimate of drug-likeness (QED) is 0.778. The highest BCUT2D eigenvalue weighted by Crippen LogP contribution is 2.20. The Balaban J connectivity index is 2.04. The second-order valence-corrected chi connectivity index (χ2v) is 4.35. The van der Waals surface area contributed by atoms with E-state index in [4.69, 9.17) is 0 Å². The highest BCUT2D eigenvalue weighted by atomic mass is 19.1. The van der Waals surface area contributed by atoms with Crippen LogP contribution in [0.25, 0.3) is 0 Å². The lowest BCUT2D eigenvalue weighted by Gasteiger charge is -2.37. The van der Waals surface area contributed by atoms with Gasteiger partial charge in [0, 0.05) is 24.3 Å². The van der Waals surface area contributed by atoms with Gasteiger partial charge in [0.2, 0.25) is 0 Å². The van der Waals surface area contributed by atoms with Crippen LogP contribution in [0.15, 0.2) is 18.2 Å². The number of halogens is 1. The molecule has 1 aliphatic rings. The van der Waals surface area contributed by atoms with Gasteiger partial charge in [0.05, 0.1) is 0 Å². The fraction of sp³-hybridized carbons (Fsp3) is 0.417. The van der Waals surface area contributed by atoms with Crippen LogP contribution in [-0.4, -0.2) is 24.0 Å². The van der Waals surface area contributed by atoms with Crippen LogP contribution < -0.4 is 5.32 Å². The monoisotopic (exact) mass is 222 g/mol. The van der Waals surface area contributed by atoms with Gasteiger partial charge in [-0.1, -0.05) is 13.0 Å². The molecule has 0 saturated carbocycles. The summed E-state index contributed by atoms with van der Waals surface area (Å²) in [6.45, 7) is 5.31. The summed E-state index contributed by atoms with van der Waals surface area (Å²) in [5, 5.41) is 2.72. The molecule has 0 atom stereocenters. The number of rotatable bonds is 1. The Hall–Kier alpha value is -1.58. The molecular formula is C12H15FN2O. The third-order valence-electron chi connectivity index (χ3n) is 2.86. The van der Waals surface area contributed by atoms with Crippen molar-refractivity contribution in [3.05, 3.63) is 29.6 Å². The topological polar surface area (TPSA) is 32.3 Å². The molecule has 3 nitrogen and oxygen atoms in total. The van der Waals surface area contributed by atoms with Crippen LogP contribution in [0.1, 0.15) is 12.5 Å². The molecule has 4 heteroatoms. The average molecular weight is 222 g/mol. The van der Waals surface area contributed by atoms with E-state index in [1.165, 1.54) is 6.07 Å². The highest BCUT2D eigenvalue weighted by molar-refractivity contribution is 5.90. The maximum atomic E-state index is 13.2. The largest absolute Gasteiger partial charge is 0.324 e. The molecule has 0 bridgehead atoms. The van der Waals surface area contributed by atoms with E-state index in [0.29, 0.717) is 17.2 Å². The molecule has 1 aliphatic heterocycles. The van der Waals surface area contributed by atoms with Crippen molar-refractivity contribution in [2.24, 2.45) is 5.92 Å². The van der Waals surface area contributed by atoms with E-state index in [-0.39, 0.29) is 11.8 Å². The van der Waals surface area contributed by atoms with E-state index < -0.39 is 0 Å². The number of hydrogen-bond donors (Lipinski definition) is 1. The number of carbonyl (C=O) groups is 1. The molecule has 1 saturated heterocycles. The van der Waals surface area contributed by atoms with Gasteiger partial charge in [-0.3, -0.25) is 0 Å². The van der Waals surface area contributed by atoms with Crippen molar-refractivity contribution >= 4 is 11.7 Å². The standard InChI is InChI=1S/C12H15FN2O/c1-8-6-15(7-8)12(16)14-11-5-3-4-10(13)9(11)2/h3-5,8H,6-7H2,1-2H3,(H,14,16). The van der Waals surface area contributed by atoms with Crippen molar-refractivity contribution in [2.75, 3.05) is 18.4 Å². The van der Waals surface area contributed by atoms with Gasteiger partial charge >= 0.3 is 6.03 Å². The zero-order valence-corrected chi connectivity index (χ0v) is 9.46. The first-order valence-electron chi connectivity index (χ1n) is 5.39. The molecule has 0 unspecified atom stereocenters. The lowest BCUT2D eigenvalue weighted by molar-refractivity contribution is 0.140. The molecular weight excluding hydrogens is 207 g/mol. The van der Waals surface area contributed by atoms with Gasteiger partial charge in [-0.05, 0) is 25.0 Å². The molecule has 16 heavy (non-hydrogen) atoms. The Kier molecular flexibility index (Phi) is 2.81. The van der Waals surface area contributed by atoms with Gasteiger partial charge < -0.3 is 10.2 Å². The van der Waals surface area contributed by atoms with E-state index in [9.17, 15) is 9.18 Å². The highest BCUT2D eigenvalue weighted by Gasteiger charge is 2.27. The lowest BCUT2D eigenvalue weighted by atomic mass is 10.0. The van der Waals surface area contributed by atoms with E-state index in [2.05, 4.69) is 12.2 Å². The third-order valence-corrected chi connectivity index (χ3v) is 2.86. The number of benzene rings is 1. The molecule has 0 spiro atoms. The van der Waals surface area contributed by atoms with E-state index in [1.807, 2.05) is 0 Å². The maximum Gasteiger partial charge on any atom is 0.321 e. The number of amides is 2. The predicted molar refractivity (Wildman–Crippen MR) is 60.9 cm³/mol. The molecule has 0 aliphatic carbocycles. The first kappa shape index (κ1) is 10.9. The smallest absolute Gasteiger partial charge is 0.321 e. The minimum atomic E-state index is -0.297. The Morgan fingerprint density at radius 2 is 2.19 bits per heavy atom. The Bertz CT molecular complexity index is 413. The predicted octanol–water partition coefficient (Wildman–Crippen LogP) is 2.62. The first-order valence-corrected chi connectivity index (χ1v) is 5.39. The maximum absolute atomic E-state index is 13.2. The van der Waals surface area contributed by atoms with Crippen molar-refractivity contribution in [3.8, 4) is 0 Å². The Morgan fingerprint density at radius 1 is 1.50 bits per heavy atom. The zero-order valence-electron chi connectivity index (χ0n) is 9.46. The average Bonchev–Trinajstić information content (AvgIpc) is 2.20. The van der Waals surface area contributed by atoms with Crippen LogP contribution >= 0.6 is 0 Å². The molecule has 1 N–H and O–H groups in total. The number of urea groups is 1. The molecule has 0 radical (unpaired) electrons. The Morgan fingerprint density at radius 3 is 2.81 bits per heavy atom. The van der Waals surface area contributed by atoms with Crippen molar-refractivity contribution in [3.63, 3.8) is 0 Å². The molecule has 86 valence electrons. The molecule has 1 fully saturated rings. The van der Waals surface area contributed by atoms with Gasteiger partial charge in [-0.15, -0.1) is 0 Å². The summed E-state index contributed by atoms with van der Waals surface area (Å²) < 4.78 is 13.2. The number of nitrogens with zero attached hydrogens (tertiary/aromatic N) is 1. The lowest BCUT2D eigenvalue weighted by Crippen LogP contribution is -2.50. The number of hydrogen-bond acceptors (Lipinski definition) is 1. The summed E-state index contributed by atoms with van der Waals surface area (Å²) in [6.07, 6.45) is 0. The van der Waals surface area contributed by atoms with Crippen LogP contribution in [0.4, 0.5) is 14.9 Å². The minimum absolute atomic E-state index is 0.146. The van der Waals surface area contributed by atoms with Crippen molar-refractivity contribution in [1.29, 1.82) is 0 Å². The summed E-state index contributed by atoms with van der Waals surface area (Å²) in [5.74, 6) is 0.272. The summed E-state index contributed by atoms with van der Waals surface area (Å²) in [4.78, 5) is 13.4. The minimum Gasteiger partial charge on any atom is -0.324 e. The first-order chi connectivity index (χ1) is 7.58. The normalized spacial score (nSPS) is 15.8. The van der Waals surface area contributed by atoms with Gasteiger partial charge in [-0.25, -0.2) is 9.18 Å². The van der Waals surface area contributed by atoms with Gasteiger partial charge in [0.1, 0.15) is 5.82 Å². The SMILES string of the molecule is Cc1c(F)cccc1NC(=O)N1CC(C)C1. The van der Waals surface area contributed by atoms with Crippen LogP contribution in [-0.2, 0) is 0 Å². The molecule has 1 heterocycles. The van der Waals surface area contributed by atoms with Gasteiger partial charge in [0.25, 0.3) is 0 Å². The van der Waals surface area contributed by atoms with Crippen LogP contribution in [0.5, 0.6) is 0 Å². The summed E-state index contributed by atoms with van der Waals surface area (Å²) in [7, 11) is 0. The number of likely N-dealkylation sites (tertiary alicyclic amines) is 1. The second-order valence-electron chi connectivity index (χ2n) is 4.35. The van der Waals surface area contributed by atoms with Crippen molar-refractivity contribution < 1.29 is 9.18 Å².